The molecule has 0 heteroatoms. The van der Waals surface area contributed by atoms with Crippen molar-refractivity contribution in [1.82, 2.24) is 0 Å². The van der Waals surface area contributed by atoms with E-state index in [0.717, 1.165) is 11.8 Å². The van der Waals surface area contributed by atoms with Gasteiger partial charge in [-0.3, -0.25) is 0 Å². The van der Waals surface area contributed by atoms with E-state index in [1.807, 2.05) is 0 Å². The highest BCUT2D eigenvalue weighted by Gasteiger charge is 2.57. The Hall–Kier alpha value is -1.82. The van der Waals surface area contributed by atoms with Crippen molar-refractivity contribution in [2.75, 3.05) is 0 Å². The van der Waals surface area contributed by atoms with Gasteiger partial charge in [0, 0.05) is 5.92 Å². The zero-order valence-electron chi connectivity index (χ0n) is 13.3. The zero-order valence-corrected chi connectivity index (χ0v) is 13.3. The lowest BCUT2D eigenvalue weighted by molar-refractivity contribution is -0.0336. The third-order valence-corrected chi connectivity index (χ3v) is 6.70. The Bertz CT molecular complexity index is 779. The second kappa shape index (κ2) is 4.13. The molecule has 2 aromatic carbocycles. The average molecular weight is 286 g/mol. The van der Waals surface area contributed by atoms with Crippen LogP contribution in [0.1, 0.15) is 49.3 Å². The summed E-state index contributed by atoms with van der Waals surface area (Å²) in [6.45, 7) is 4.97. The van der Waals surface area contributed by atoms with Gasteiger partial charge in [0.1, 0.15) is 0 Å². The van der Waals surface area contributed by atoms with Crippen LogP contribution < -0.4 is 0 Å². The van der Waals surface area contributed by atoms with Crippen LogP contribution in [0, 0.1) is 17.3 Å². The molecule has 0 N–H and O–H groups in total. The first kappa shape index (κ1) is 12.7. The fraction of sp³-hybridized carbons (Fsp3) is 0.364. The van der Waals surface area contributed by atoms with Crippen LogP contribution in [0.2, 0.25) is 0 Å². The molecular formula is C22H22. The molecule has 0 radical (unpaired) electrons. The number of rotatable bonds is 1. The minimum atomic E-state index is 0.494. The molecule has 4 aliphatic carbocycles. The molecule has 4 aliphatic rings. The summed E-state index contributed by atoms with van der Waals surface area (Å²) in [6.07, 6.45) is 2.76. The molecule has 0 amide bonds. The molecule has 0 spiro atoms. The molecule has 0 heterocycles. The summed E-state index contributed by atoms with van der Waals surface area (Å²) in [5.41, 5.74) is 8.29. The van der Waals surface area contributed by atoms with E-state index in [9.17, 15) is 0 Å². The lowest BCUT2D eigenvalue weighted by atomic mass is 9.45. The number of benzene rings is 2. The predicted molar refractivity (Wildman–Crippen MR) is 91.6 cm³/mol. The van der Waals surface area contributed by atoms with Crippen LogP contribution in [0.15, 0.2) is 60.2 Å². The number of fused-ring (bicyclic) bond motifs is 1. The Labute approximate surface area is 132 Å². The molecule has 3 fully saturated rings. The van der Waals surface area contributed by atoms with Gasteiger partial charge >= 0.3 is 0 Å². The van der Waals surface area contributed by atoms with Crippen molar-refractivity contribution in [3.05, 3.63) is 76.9 Å². The predicted octanol–water partition coefficient (Wildman–Crippen LogP) is 5.65. The molecule has 3 atom stereocenters. The smallest absolute Gasteiger partial charge is 0.00696 e. The van der Waals surface area contributed by atoms with Gasteiger partial charge in [0.25, 0.3) is 0 Å². The molecule has 0 aromatic heterocycles. The summed E-state index contributed by atoms with van der Waals surface area (Å²) in [5.74, 6) is 2.37. The van der Waals surface area contributed by atoms with Gasteiger partial charge in [-0.1, -0.05) is 74.0 Å². The van der Waals surface area contributed by atoms with Crippen molar-refractivity contribution in [3.8, 4) is 0 Å². The van der Waals surface area contributed by atoms with E-state index < -0.39 is 0 Å². The van der Waals surface area contributed by atoms with Crippen LogP contribution in [-0.4, -0.2) is 0 Å². The van der Waals surface area contributed by atoms with Gasteiger partial charge in [-0.2, -0.15) is 0 Å². The van der Waals surface area contributed by atoms with Crippen molar-refractivity contribution in [2.24, 2.45) is 17.3 Å². The highest BCUT2D eigenvalue weighted by atomic mass is 14.6. The molecule has 0 nitrogen and oxygen atoms in total. The van der Waals surface area contributed by atoms with Gasteiger partial charge in [-0.25, -0.2) is 0 Å². The summed E-state index contributed by atoms with van der Waals surface area (Å²) in [4.78, 5) is 0. The maximum Gasteiger partial charge on any atom is 0.00696 e. The highest BCUT2D eigenvalue weighted by molar-refractivity contribution is 5.89. The molecule has 22 heavy (non-hydrogen) atoms. The van der Waals surface area contributed by atoms with Gasteiger partial charge in [-0.05, 0) is 52.4 Å². The highest BCUT2D eigenvalue weighted by Crippen LogP contribution is 2.68. The van der Waals surface area contributed by atoms with Gasteiger partial charge in [0.05, 0.1) is 0 Å². The topological polar surface area (TPSA) is 0 Å². The maximum absolute atomic E-state index is 2.49. The molecule has 0 saturated heterocycles. The van der Waals surface area contributed by atoms with Gasteiger partial charge in [0.15, 0.2) is 0 Å². The summed E-state index contributed by atoms with van der Waals surface area (Å²) in [7, 11) is 0. The quantitative estimate of drug-likeness (QED) is 0.635. The average Bonchev–Trinajstić information content (AvgIpc) is 2.90. The fourth-order valence-electron chi connectivity index (χ4n) is 5.35. The molecule has 2 bridgehead atoms. The van der Waals surface area contributed by atoms with Gasteiger partial charge in [-0.15, -0.1) is 0 Å². The van der Waals surface area contributed by atoms with E-state index in [-0.39, 0.29) is 0 Å². The number of allylic oxidation sites excluding steroid dienone is 1. The standard InChI is InChI=1S/C22H22/c1-22(2)15-12-18-16-10-6-7-11-17(16)20(21(18)19(22)13-15)14-8-4-3-5-9-14/h3-11,15,18-19H,12-13H2,1-2H3/t15-,18-,19-/m0/s1. The molecule has 6 rings (SSSR count). The fourth-order valence-corrected chi connectivity index (χ4v) is 5.35. The van der Waals surface area contributed by atoms with E-state index in [0.29, 0.717) is 11.3 Å². The Morgan fingerprint density at radius 1 is 0.864 bits per heavy atom. The lowest BCUT2D eigenvalue weighted by Crippen LogP contribution is -2.51. The summed E-state index contributed by atoms with van der Waals surface area (Å²) in [6, 6.07) is 20.2. The van der Waals surface area contributed by atoms with Crippen LogP contribution in [0.4, 0.5) is 0 Å². The van der Waals surface area contributed by atoms with Crippen molar-refractivity contribution in [2.45, 2.75) is 32.6 Å². The van der Waals surface area contributed by atoms with Crippen LogP contribution in [0.25, 0.3) is 5.57 Å². The second-order valence-corrected chi connectivity index (χ2v) is 7.88. The van der Waals surface area contributed by atoms with Crippen molar-refractivity contribution < 1.29 is 0 Å². The van der Waals surface area contributed by atoms with Crippen molar-refractivity contribution >= 4 is 5.57 Å². The van der Waals surface area contributed by atoms with E-state index in [4.69, 9.17) is 0 Å². The molecule has 0 aliphatic heterocycles. The lowest BCUT2D eigenvalue weighted by Gasteiger charge is -2.59. The first-order valence-electron chi connectivity index (χ1n) is 8.56. The normalized spacial score (nSPS) is 30.5. The largest absolute Gasteiger partial charge is 0.0622 e. The third kappa shape index (κ3) is 1.43. The number of hydrogen-bond acceptors (Lipinski definition) is 0. The van der Waals surface area contributed by atoms with Crippen molar-refractivity contribution in [3.63, 3.8) is 0 Å². The Kier molecular flexibility index (Phi) is 2.38. The Morgan fingerprint density at radius 3 is 2.36 bits per heavy atom. The zero-order chi connectivity index (χ0) is 14.9. The number of hydrogen-bond donors (Lipinski definition) is 0. The van der Waals surface area contributed by atoms with E-state index in [1.165, 1.54) is 24.0 Å². The molecule has 2 aromatic rings. The van der Waals surface area contributed by atoms with Gasteiger partial charge in [0.2, 0.25) is 0 Å². The minimum absolute atomic E-state index is 0.494. The molecule has 0 unspecified atom stereocenters. The monoisotopic (exact) mass is 286 g/mol. The molecule has 110 valence electrons. The maximum atomic E-state index is 2.49. The first-order valence-corrected chi connectivity index (χ1v) is 8.56. The van der Waals surface area contributed by atoms with Crippen LogP contribution in [0.5, 0.6) is 0 Å². The van der Waals surface area contributed by atoms with Gasteiger partial charge < -0.3 is 0 Å². The minimum Gasteiger partial charge on any atom is -0.0622 e. The first-order chi connectivity index (χ1) is 10.7. The summed E-state index contributed by atoms with van der Waals surface area (Å²) >= 11 is 0. The Balaban J connectivity index is 1.78. The molecular weight excluding hydrogens is 264 g/mol. The van der Waals surface area contributed by atoms with E-state index in [1.54, 1.807) is 16.7 Å². The van der Waals surface area contributed by atoms with E-state index >= 15 is 0 Å². The summed E-state index contributed by atoms with van der Waals surface area (Å²) < 4.78 is 0. The summed E-state index contributed by atoms with van der Waals surface area (Å²) in [5, 5.41) is 0. The van der Waals surface area contributed by atoms with Crippen LogP contribution in [0.3, 0.4) is 0 Å². The Morgan fingerprint density at radius 2 is 1.59 bits per heavy atom. The molecule has 3 saturated carbocycles. The third-order valence-electron chi connectivity index (χ3n) is 6.70. The SMILES string of the molecule is CC1(C)[C@H]2C[C@@H]3C(=C(c4ccccc4)c4ccccc43)[C@@H]1C2. The second-order valence-electron chi connectivity index (χ2n) is 7.88. The van der Waals surface area contributed by atoms with E-state index in [2.05, 4.69) is 68.4 Å². The van der Waals surface area contributed by atoms with Crippen LogP contribution >= 0.6 is 0 Å². The van der Waals surface area contributed by atoms with Crippen molar-refractivity contribution in [1.29, 1.82) is 0 Å². The van der Waals surface area contributed by atoms with Crippen LogP contribution in [-0.2, 0) is 0 Å².